The minimum absolute atomic E-state index is 0.104. The number of aryl methyl sites for hydroxylation is 1. The average molecular weight is 342 g/mol. The lowest BCUT2D eigenvalue weighted by Gasteiger charge is -2.14. The van der Waals surface area contributed by atoms with Gasteiger partial charge < -0.3 is 9.42 Å². The molecule has 5 nitrogen and oxygen atoms in total. The predicted molar refractivity (Wildman–Crippen MR) is 91.7 cm³/mol. The Bertz CT molecular complexity index is 859. The summed E-state index contributed by atoms with van der Waals surface area (Å²) >= 11 is 6.13. The number of nitrogens with zero attached hydrogens (tertiary/aromatic N) is 3. The minimum atomic E-state index is -0.104. The maximum atomic E-state index is 12.4. The van der Waals surface area contributed by atoms with Gasteiger partial charge in [0.05, 0.1) is 11.6 Å². The van der Waals surface area contributed by atoms with Crippen molar-refractivity contribution in [3.05, 3.63) is 70.6 Å². The van der Waals surface area contributed by atoms with Gasteiger partial charge in [0.25, 0.3) is 5.91 Å². The van der Waals surface area contributed by atoms with E-state index in [4.69, 9.17) is 16.1 Å². The molecule has 24 heavy (non-hydrogen) atoms. The molecule has 0 unspecified atom stereocenters. The highest BCUT2D eigenvalue weighted by molar-refractivity contribution is 6.33. The molecular formula is C18H16ClN3O2. The van der Waals surface area contributed by atoms with Gasteiger partial charge in [-0.3, -0.25) is 4.79 Å². The van der Waals surface area contributed by atoms with Gasteiger partial charge in [0.15, 0.2) is 0 Å². The summed E-state index contributed by atoms with van der Waals surface area (Å²) < 4.78 is 5.24. The van der Waals surface area contributed by atoms with Crippen molar-refractivity contribution >= 4 is 17.5 Å². The second-order valence-corrected chi connectivity index (χ2v) is 5.93. The first-order chi connectivity index (χ1) is 11.5. The van der Waals surface area contributed by atoms with Crippen LogP contribution in [0.3, 0.4) is 0 Å². The van der Waals surface area contributed by atoms with Crippen LogP contribution in [0, 0.1) is 6.92 Å². The normalized spacial score (nSPS) is 10.6. The zero-order chi connectivity index (χ0) is 17.1. The van der Waals surface area contributed by atoms with E-state index in [1.807, 2.05) is 37.3 Å². The van der Waals surface area contributed by atoms with E-state index in [2.05, 4.69) is 10.1 Å². The zero-order valence-corrected chi connectivity index (χ0v) is 14.1. The van der Waals surface area contributed by atoms with E-state index in [1.54, 1.807) is 25.2 Å². The monoisotopic (exact) mass is 341 g/mol. The van der Waals surface area contributed by atoms with Crippen LogP contribution in [0.1, 0.15) is 21.8 Å². The van der Waals surface area contributed by atoms with E-state index < -0.39 is 0 Å². The second kappa shape index (κ2) is 6.84. The molecule has 0 spiro atoms. The van der Waals surface area contributed by atoms with Crippen LogP contribution in [0.25, 0.3) is 11.4 Å². The molecule has 0 radical (unpaired) electrons. The van der Waals surface area contributed by atoms with Crippen molar-refractivity contribution in [3.63, 3.8) is 0 Å². The van der Waals surface area contributed by atoms with Crippen LogP contribution in [0.2, 0.25) is 5.02 Å². The number of benzene rings is 2. The Hall–Kier alpha value is -2.66. The topological polar surface area (TPSA) is 59.2 Å². The molecule has 2 aromatic carbocycles. The van der Waals surface area contributed by atoms with Gasteiger partial charge >= 0.3 is 0 Å². The molecule has 0 aliphatic heterocycles. The average Bonchev–Trinajstić information content (AvgIpc) is 3.03. The molecule has 1 heterocycles. The summed E-state index contributed by atoms with van der Waals surface area (Å²) in [5.41, 5.74) is 2.42. The van der Waals surface area contributed by atoms with E-state index in [-0.39, 0.29) is 12.5 Å². The fourth-order valence-electron chi connectivity index (χ4n) is 2.26. The minimum Gasteiger partial charge on any atom is -0.337 e. The maximum Gasteiger partial charge on any atom is 0.254 e. The van der Waals surface area contributed by atoms with Gasteiger partial charge in [0.2, 0.25) is 11.7 Å². The Kier molecular flexibility index (Phi) is 4.62. The van der Waals surface area contributed by atoms with Crippen LogP contribution in [-0.4, -0.2) is 28.0 Å². The lowest BCUT2D eigenvalue weighted by atomic mass is 10.1. The molecule has 1 amide bonds. The third-order valence-electron chi connectivity index (χ3n) is 3.60. The van der Waals surface area contributed by atoms with Gasteiger partial charge in [-0.15, -0.1) is 0 Å². The van der Waals surface area contributed by atoms with Crippen molar-refractivity contribution in [1.29, 1.82) is 0 Å². The third-order valence-corrected chi connectivity index (χ3v) is 3.93. The summed E-state index contributed by atoms with van der Waals surface area (Å²) in [4.78, 5) is 18.3. The summed E-state index contributed by atoms with van der Waals surface area (Å²) in [7, 11) is 1.70. The summed E-state index contributed by atoms with van der Waals surface area (Å²) in [6.07, 6.45) is 0. The molecule has 0 fully saturated rings. The first-order valence-corrected chi connectivity index (χ1v) is 7.82. The number of hydrogen-bond donors (Lipinski definition) is 0. The van der Waals surface area contributed by atoms with Crippen LogP contribution < -0.4 is 0 Å². The van der Waals surface area contributed by atoms with E-state index in [0.29, 0.717) is 27.9 Å². The highest BCUT2D eigenvalue weighted by atomic mass is 35.5. The van der Waals surface area contributed by atoms with Crippen molar-refractivity contribution in [2.24, 2.45) is 0 Å². The number of halogens is 1. The Morgan fingerprint density at radius 3 is 2.58 bits per heavy atom. The number of aromatic nitrogens is 2. The number of carbonyl (C=O) groups excluding carboxylic acids is 1. The number of hydrogen-bond acceptors (Lipinski definition) is 4. The van der Waals surface area contributed by atoms with Gasteiger partial charge in [-0.05, 0) is 31.2 Å². The predicted octanol–water partition coefficient (Wildman–Crippen LogP) is 3.97. The molecule has 0 aliphatic rings. The highest BCUT2D eigenvalue weighted by Gasteiger charge is 2.17. The molecule has 3 rings (SSSR count). The fraction of sp³-hybridized carbons (Fsp3) is 0.167. The molecule has 0 N–H and O–H groups in total. The maximum absolute atomic E-state index is 12.4. The largest absolute Gasteiger partial charge is 0.337 e. The number of rotatable bonds is 4. The second-order valence-electron chi connectivity index (χ2n) is 5.52. The Labute approximate surface area is 144 Å². The SMILES string of the molecule is Cc1ccc(C(=O)N(C)Cc2nc(-c3ccccc3Cl)no2)cc1. The summed E-state index contributed by atoms with van der Waals surface area (Å²) in [5.74, 6) is 0.659. The van der Waals surface area contributed by atoms with Crippen molar-refractivity contribution in [3.8, 4) is 11.4 Å². The van der Waals surface area contributed by atoms with Gasteiger partial charge in [0.1, 0.15) is 0 Å². The Morgan fingerprint density at radius 1 is 1.17 bits per heavy atom. The fourth-order valence-corrected chi connectivity index (χ4v) is 2.48. The Balaban J connectivity index is 1.73. The molecule has 0 atom stereocenters. The molecular weight excluding hydrogens is 326 g/mol. The third kappa shape index (κ3) is 3.46. The Morgan fingerprint density at radius 2 is 1.88 bits per heavy atom. The van der Waals surface area contributed by atoms with E-state index in [0.717, 1.165) is 5.56 Å². The number of carbonyl (C=O) groups is 1. The quantitative estimate of drug-likeness (QED) is 0.720. The van der Waals surface area contributed by atoms with Crippen molar-refractivity contribution < 1.29 is 9.32 Å². The lowest BCUT2D eigenvalue weighted by Crippen LogP contribution is -2.26. The van der Waals surface area contributed by atoms with Crippen LogP contribution in [-0.2, 0) is 6.54 Å². The van der Waals surface area contributed by atoms with Crippen molar-refractivity contribution in [1.82, 2.24) is 15.0 Å². The summed E-state index contributed by atoms with van der Waals surface area (Å²) in [6, 6.07) is 14.7. The van der Waals surface area contributed by atoms with Crippen LogP contribution in [0.15, 0.2) is 53.1 Å². The lowest BCUT2D eigenvalue weighted by molar-refractivity contribution is 0.0769. The summed E-state index contributed by atoms with van der Waals surface area (Å²) in [5, 5.41) is 4.49. The molecule has 0 saturated carbocycles. The molecule has 3 aromatic rings. The van der Waals surface area contributed by atoms with Crippen LogP contribution >= 0.6 is 11.6 Å². The van der Waals surface area contributed by atoms with E-state index >= 15 is 0 Å². The first-order valence-electron chi connectivity index (χ1n) is 7.44. The number of amides is 1. The van der Waals surface area contributed by atoms with Crippen molar-refractivity contribution in [2.75, 3.05) is 7.05 Å². The summed E-state index contributed by atoms with van der Waals surface area (Å²) in [6.45, 7) is 2.21. The molecule has 0 aliphatic carbocycles. The van der Waals surface area contributed by atoms with E-state index in [9.17, 15) is 4.79 Å². The van der Waals surface area contributed by atoms with Gasteiger partial charge in [-0.1, -0.05) is 46.6 Å². The van der Waals surface area contributed by atoms with E-state index in [1.165, 1.54) is 4.90 Å². The van der Waals surface area contributed by atoms with Crippen molar-refractivity contribution in [2.45, 2.75) is 13.5 Å². The highest BCUT2D eigenvalue weighted by Crippen LogP contribution is 2.25. The van der Waals surface area contributed by atoms with Crippen LogP contribution in [0.4, 0.5) is 0 Å². The van der Waals surface area contributed by atoms with Gasteiger partial charge in [0, 0.05) is 18.2 Å². The molecule has 6 heteroatoms. The standard InChI is InChI=1S/C18H16ClN3O2/c1-12-7-9-13(10-8-12)18(23)22(2)11-16-20-17(21-24-16)14-5-3-4-6-15(14)19/h3-10H,11H2,1-2H3. The molecule has 122 valence electrons. The smallest absolute Gasteiger partial charge is 0.254 e. The zero-order valence-electron chi connectivity index (χ0n) is 13.4. The van der Waals surface area contributed by atoms with Gasteiger partial charge in [-0.25, -0.2) is 0 Å². The molecule has 0 bridgehead atoms. The molecule has 1 aromatic heterocycles. The van der Waals surface area contributed by atoms with Gasteiger partial charge in [-0.2, -0.15) is 4.98 Å². The first kappa shape index (κ1) is 16.2. The molecule has 0 saturated heterocycles. The van der Waals surface area contributed by atoms with Crippen LogP contribution in [0.5, 0.6) is 0 Å².